The molecule has 110 valence electrons. The Morgan fingerprint density at radius 1 is 1.19 bits per heavy atom. The molecule has 2 rings (SSSR count). The fraction of sp³-hybridized carbons (Fsp3) is 0.312. The van der Waals surface area contributed by atoms with Crippen molar-refractivity contribution in [3.05, 3.63) is 54.6 Å². The molecule has 0 saturated heterocycles. The first kappa shape index (κ1) is 15.0. The van der Waals surface area contributed by atoms with Crippen molar-refractivity contribution >= 4 is 11.6 Å². The molecule has 2 aromatic rings. The van der Waals surface area contributed by atoms with Crippen molar-refractivity contribution in [1.82, 2.24) is 15.3 Å². The number of amides is 1. The van der Waals surface area contributed by atoms with Crippen molar-refractivity contribution in [1.29, 1.82) is 0 Å². The van der Waals surface area contributed by atoms with Crippen LogP contribution in [0.1, 0.15) is 24.3 Å². The van der Waals surface area contributed by atoms with Gasteiger partial charge in [-0.05, 0) is 18.1 Å². The molecule has 0 aliphatic heterocycles. The van der Waals surface area contributed by atoms with Gasteiger partial charge in [0.2, 0.25) is 0 Å². The molecule has 0 radical (unpaired) electrons. The van der Waals surface area contributed by atoms with E-state index in [1.54, 1.807) is 6.20 Å². The number of hydrogen-bond acceptors (Lipinski definition) is 4. The number of aromatic nitrogens is 2. The van der Waals surface area contributed by atoms with E-state index < -0.39 is 0 Å². The molecule has 1 atom stereocenters. The summed E-state index contributed by atoms with van der Waals surface area (Å²) in [4.78, 5) is 19.9. The Morgan fingerprint density at radius 2 is 1.95 bits per heavy atom. The van der Waals surface area contributed by atoms with Crippen LogP contribution in [-0.4, -0.2) is 28.5 Å². The predicted octanol–water partition coefficient (Wildman–Crippen LogP) is 2.34. The first-order chi connectivity index (χ1) is 10.2. The highest BCUT2D eigenvalue weighted by atomic mass is 16.1. The van der Waals surface area contributed by atoms with E-state index in [9.17, 15) is 4.79 Å². The minimum absolute atomic E-state index is 0.146. The molecule has 0 saturated carbocycles. The summed E-state index contributed by atoms with van der Waals surface area (Å²) >= 11 is 0. The van der Waals surface area contributed by atoms with E-state index in [4.69, 9.17) is 0 Å². The van der Waals surface area contributed by atoms with Gasteiger partial charge in [-0.3, -0.25) is 9.78 Å². The van der Waals surface area contributed by atoms with Crippen molar-refractivity contribution in [2.24, 2.45) is 5.92 Å². The van der Waals surface area contributed by atoms with Crippen LogP contribution >= 0.6 is 0 Å². The van der Waals surface area contributed by atoms with E-state index in [0.29, 0.717) is 18.2 Å². The van der Waals surface area contributed by atoms with Crippen molar-refractivity contribution in [3.63, 3.8) is 0 Å². The van der Waals surface area contributed by atoms with Gasteiger partial charge < -0.3 is 10.6 Å². The molecule has 5 nitrogen and oxygen atoms in total. The summed E-state index contributed by atoms with van der Waals surface area (Å²) in [6, 6.07) is 10.1. The van der Waals surface area contributed by atoms with Gasteiger partial charge in [0.05, 0.1) is 6.20 Å². The lowest BCUT2D eigenvalue weighted by molar-refractivity contribution is 0.0945. The Hall–Kier alpha value is -2.43. The molecule has 0 fully saturated rings. The zero-order valence-electron chi connectivity index (χ0n) is 12.3. The van der Waals surface area contributed by atoms with Crippen LogP contribution in [0.2, 0.25) is 0 Å². The van der Waals surface area contributed by atoms with Crippen LogP contribution < -0.4 is 10.6 Å². The number of anilines is 1. The average Bonchev–Trinajstić information content (AvgIpc) is 2.52. The largest absolute Gasteiger partial charge is 0.380 e. The summed E-state index contributed by atoms with van der Waals surface area (Å²) in [5.74, 6) is 0.177. The molecule has 1 aromatic carbocycles. The highest BCUT2D eigenvalue weighted by molar-refractivity contribution is 5.91. The standard InChI is InChI=1S/C16H20N4O/c1-12(2)14(20-13-6-4-3-5-7-13)11-19-16(21)15-10-17-8-9-18-15/h3-10,12,14,20H,11H2,1-2H3,(H,19,21). The molecule has 2 N–H and O–H groups in total. The van der Waals surface area contributed by atoms with Crippen LogP contribution in [0.25, 0.3) is 0 Å². The van der Waals surface area contributed by atoms with Crippen LogP contribution in [0.3, 0.4) is 0 Å². The fourth-order valence-electron chi connectivity index (χ4n) is 1.91. The molecule has 5 heteroatoms. The third-order valence-corrected chi connectivity index (χ3v) is 3.21. The molecular weight excluding hydrogens is 264 g/mol. The first-order valence-corrected chi connectivity index (χ1v) is 7.02. The Bertz CT molecular complexity index is 557. The van der Waals surface area contributed by atoms with E-state index in [-0.39, 0.29) is 11.9 Å². The van der Waals surface area contributed by atoms with Crippen molar-refractivity contribution in [2.75, 3.05) is 11.9 Å². The lowest BCUT2D eigenvalue weighted by Crippen LogP contribution is -2.39. The second-order valence-electron chi connectivity index (χ2n) is 5.16. The lowest BCUT2D eigenvalue weighted by atomic mass is 10.0. The molecule has 0 aliphatic carbocycles. The third kappa shape index (κ3) is 4.56. The zero-order valence-corrected chi connectivity index (χ0v) is 12.3. The summed E-state index contributed by atoms with van der Waals surface area (Å²) in [6.07, 6.45) is 4.52. The number of carbonyl (C=O) groups is 1. The molecule has 0 spiro atoms. The fourth-order valence-corrected chi connectivity index (χ4v) is 1.91. The number of nitrogens with zero attached hydrogens (tertiary/aromatic N) is 2. The third-order valence-electron chi connectivity index (χ3n) is 3.21. The molecule has 0 aliphatic rings. The normalized spacial score (nSPS) is 12.0. The highest BCUT2D eigenvalue weighted by Crippen LogP contribution is 2.11. The molecule has 1 amide bonds. The predicted molar refractivity (Wildman–Crippen MR) is 83.1 cm³/mol. The van der Waals surface area contributed by atoms with E-state index >= 15 is 0 Å². The smallest absolute Gasteiger partial charge is 0.271 e. The molecule has 0 bridgehead atoms. The van der Waals surface area contributed by atoms with Crippen molar-refractivity contribution in [3.8, 4) is 0 Å². The first-order valence-electron chi connectivity index (χ1n) is 7.02. The van der Waals surface area contributed by atoms with E-state index in [2.05, 4.69) is 34.4 Å². The van der Waals surface area contributed by atoms with E-state index in [0.717, 1.165) is 5.69 Å². The van der Waals surface area contributed by atoms with Crippen LogP contribution in [0.5, 0.6) is 0 Å². The van der Waals surface area contributed by atoms with Gasteiger partial charge in [0.1, 0.15) is 5.69 Å². The number of carbonyl (C=O) groups excluding carboxylic acids is 1. The topological polar surface area (TPSA) is 66.9 Å². The lowest BCUT2D eigenvalue weighted by Gasteiger charge is -2.23. The monoisotopic (exact) mass is 284 g/mol. The van der Waals surface area contributed by atoms with Gasteiger partial charge in [-0.25, -0.2) is 4.98 Å². The Balaban J connectivity index is 1.93. The Labute approximate surface area is 124 Å². The molecule has 1 heterocycles. The summed E-state index contributed by atoms with van der Waals surface area (Å²) in [7, 11) is 0. The quantitative estimate of drug-likeness (QED) is 0.854. The van der Waals surface area contributed by atoms with Gasteiger partial charge in [-0.1, -0.05) is 32.0 Å². The number of nitrogens with one attached hydrogen (secondary N) is 2. The minimum atomic E-state index is -0.205. The summed E-state index contributed by atoms with van der Waals surface area (Å²) < 4.78 is 0. The minimum Gasteiger partial charge on any atom is -0.380 e. The van der Waals surface area contributed by atoms with Gasteiger partial charge in [0, 0.05) is 30.7 Å². The molecule has 21 heavy (non-hydrogen) atoms. The van der Waals surface area contributed by atoms with Crippen LogP contribution in [0, 0.1) is 5.92 Å². The average molecular weight is 284 g/mol. The Morgan fingerprint density at radius 3 is 2.57 bits per heavy atom. The maximum Gasteiger partial charge on any atom is 0.271 e. The summed E-state index contributed by atoms with van der Waals surface area (Å²) in [5, 5.41) is 6.33. The summed E-state index contributed by atoms with van der Waals surface area (Å²) in [5.41, 5.74) is 1.38. The Kier molecular flexibility index (Phi) is 5.26. The second-order valence-corrected chi connectivity index (χ2v) is 5.16. The number of benzene rings is 1. The van der Waals surface area contributed by atoms with Crippen molar-refractivity contribution < 1.29 is 4.79 Å². The number of rotatable bonds is 6. The van der Waals surface area contributed by atoms with E-state index in [1.165, 1.54) is 12.4 Å². The molecular formula is C16H20N4O. The summed E-state index contributed by atoms with van der Waals surface area (Å²) in [6.45, 7) is 4.77. The highest BCUT2D eigenvalue weighted by Gasteiger charge is 2.15. The van der Waals surface area contributed by atoms with Gasteiger partial charge in [-0.15, -0.1) is 0 Å². The maximum absolute atomic E-state index is 12.0. The molecule has 1 aromatic heterocycles. The van der Waals surface area contributed by atoms with Gasteiger partial charge >= 0.3 is 0 Å². The number of para-hydroxylation sites is 1. The van der Waals surface area contributed by atoms with E-state index in [1.807, 2.05) is 30.3 Å². The zero-order chi connectivity index (χ0) is 15.1. The van der Waals surface area contributed by atoms with Gasteiger partial charge in [0.25, 0.3) is 5.91 Å². The van der Waals surface area contributed by atoms with Gasteiger partial charge in [0.15, 0.2) is 0 Å². The van der Waals surface area contributed by atoms with Crippen LogP contribution in [0.4, 0.5) is 5.69 Å². The second kappa shape index (κ2) is 7.38. The molecule has 1 unspecified atom stereocenters. The van der Waals surface area contributed by atoms with Crippen LogP contribution in [-0.2, 0) is 0 Å². The van der Waals surface area contributed by atoms with Gasteiger partial charge in [-0.2, -0.15) is 0 Å². The van der Waals surface area contributed by atoms with Crippen LogP contribution in [0.15, 0.2) is 48.9 Å². The number of hydrogen-bond donors (Lipinski definition) is 2. The SMILES string of the molecule is CC(C)C(CNC(=O)c1cnccn1)Nc1ccccc1. The maximum atomic E-state index is 12.0. The van der Waals surface area contributed by atoms with Crippen molar-refractivity contribution in [2.45, 2.75) is 19.9 Å².